The van der Waals surface area contributed by atoms with Crippen LogP contribution in [0.15, 0.2) is 30.3 Å². The Balaban J connectivity index is 2.10. The van der Waals surface area contributed by atoms with Crippen LogP contribution in [0.5, 0.6) is 0 Å². The van der Waals surface area contributed by atoms with Crippen molar-refractivity contribution in [1.29, 1.82) is 0 Å². The maximum absolute atomic E-state index is 13.0. The molecule has 184 valence electrons. The minimum Gasteiger partial charge on any atom is -0.351 e. The molecular weight excluding hydrogens is 392 g/mol. The van der Waals surface area contributed by atoms with Gasteiger partial charge in [-0.3, -0.25) is 4.79 Å². The summed E-state index contributed by atoms with van der Waals surface area (Å²) in [5, 5.41) is 3.23. The first-order valence-electron chi connectivity index (χ1n) is 13.7. The molecule has 0 spiro atoms. The van der Waals surface area contributed by atoms with Gasteiger partial charge in [0.1, 0.15) is 0 Å². The number of nitrogens with zero attached hydrogens (tertiary/aromatic N) is 1. The molecule has 0 aliphatic heterocycles. The topological polar surface area (TPSA) is 29.1 Å². The van der Waals surface area contributed by atoms with Crippen molar-refractivity contribution < 1.29 is 9.28 Å². The lowest BCUT2D eigenvalue weighted by Crippen LogP contribution is -2.57. The van der Waals surface area contributed by atoms with Crippen LogP contribution in [0.25, 0.3) is 0 Å². The molecule has 3 heteroatoms. The molecule has 0 unspecified atom stereocenters. The highest BCUT2D eigenvalue weighted by Crippen LogP contribution is 2.15. The number of amides is 1. The van der Waals surface area contributed by atoms with E-state index in [1.54, 1.807) is 0 Å². The van der Waals surface area contributed by atoms with Crippen LogP contribution >= 0.6 is 0 Å². The molecule has 0 aliphatic carbocycles. The van der Waals surface area contributed by atoms with Crippen LogP contribution in [0.1, 0.15) is 109 Å². The Kier molecular flexibility index (Phi) is 16.2. The number of carbonyl (C=O) groups excluding carboxylic acids is 1. The Morgan fingerprint density at radius 1 is 0.750 bits per heavy atom. The smallest absolute Gasteiger partial charge is 0.278 e. The van der Waals surface area contributed by atoms with Crippen LogP contribution in [0.3, 0.4) is 0 Å². The van der Waals surface area contributed by atoms with Crippen LogP contribution in [0.2, 0.25) is 0 Å². The van der Waals surface area contributed by atoms with Gasteiger partial charge in [-0.2, -0.15) is 0 Å². The fraction of sp³-hybridized carbons (Fsp3) is 0.759. The van der Waals surface area contributed by atoms with Crippen LogP contribution < -0.4 is 5.32 Å². The first-order valence-corrected chi connectivity index (χ1v) is 13.7. The average molecular weight is 446 g/mol. The monoisotopic (exact) mass is 445 g/mol. The third kappa shape index (κ3) is 13.3. The third-order valence-electron chi connectivity index (χ3n) is 7.06. The molecule has 0 bridgehead atoms. The van der Waals surface area contributed by atoms with Crippen molar-refractivity contribution in [3.05, 3.63) is 35.9 Å². The van der Waals surface area contributed by atoms with Gasteiger partial charge in [-0.25, -0.2) is 0 Å². The predicted molar refractivity (Wildman–Crippen MR) is 140 cm³/mol. The Bertz CT molecular complexity index is 570. The molecule has 0 saturated heterocycles. The van der Waals surface area contributed by atoms with E-state index < -0.39 is 0 Å². The van der Waals surface area contributed by atoms with Crippen molar-refractivity contribution in [3.8, 4) is 0 Å². The first-order chi connectivity index (χ1) is 15.5. The van der Waals surface area contributed by atoms with Gasteiger partial charge < -0.3 is 9.80 Å². The van der Waals surface area contributed by atoms with Crippen molar-refractivity contribution in [2.45, 2.75) is 116 Å². The lowest BCUT2D eigenvalue weighted by Gasteiger charge is -2.36. The molecule has 0 heterocycles. The van der Waals surface area contributed by atoms with Crippen LogP contribution in [-0.4, -0.2) is 43.6 Å². The lowest BCUT2D eigenvalue weighted by molar-refractivity contribution is -0.904. The van der Waals surface area contributed by atoms with E-state index in [1.165, 1.54) is 89.0 Å². The standard InChI is InChI=1S/C29H52N2O/c1-5-7-8-9-10-11-12-13-14-15-16-17-18-22-25-30-29(32)28(31(3,4)6-2)26-27-23-20-19-21-24-27/h19-21,23-24,28H,5-18,22,25-26H2,1-4H3/p+1/t28-/m0/s1. The summed E-state index contributed by atoms with van der Waals surface area (Å²) < 4.78 is 0.722. The van der Waals surface area contributed by atoms with Crippen LogP contribution in [0, 0.1) is 0 Å². The minimum absolute atomic E-state index is 0.0333. The molecule has 1 rings (SSSR count). The zero-order valence-corrected chi connectivity index (χ0v) is 21.8. The second-order valence-corrected chi connectivity index (χ2v) is 10.2. The largest absolute Gasteiger partial charge is 0.351 e. The predicted octanol–water partition coefficient (Wildman–Crippen LogP) is 7.29. The van der Waals surface area contributed by atoms with Gasteiger partial charge in [0.2, 0.25) is 0 Å². The Morgan fingerprint density at radius 3 is 1.69 bits per heavy atom. The summed E-state index contributed by atoms with van der Waals surface area (Å²) in [4.78, 5) is 13.0. The van der Waals surface area contributed by atoms with E-state index in [2.05, 4.69) is 57.5 Å². The van der Waals surface area contributed by atoms with E-state index in [1.807, 2.05) is 6.07 Å². The molecule has 0 radical (unpaired) electrons. The number of nitrogens with one attached hydrogen (secondary N) is 1. The first kappa shape index (κ1) is 28.7. The zero-order valence-electron chi connectivity index (χ0n) is 21.8. The van der Waals surface area contributed by atoms with Crippen molar-refractivity contribution in [3.63, 3.8) is 0 Å². The zero-order chi connectivity index (χ0) is 23.5. The Morgan fingerprint density at radius 2 is 1.22 bits per heavy atom. The molecular formula is C29H53N2O+. The molecule has 0 aliphatic rings. The third-order valence-corrected chi connectivity index (χ3v) is 7.06. The maximum atomic E-state index is 13.0. The second kappa shape index (κ2) is 18.1. The van der Waals surface area contributed by atoms with Crippen LogP contribution in [-0.2, 0) is 11.2 Å². The van der Waals surface area contributed by atoms with E-state index >= 15 is 0 Å². The molecule has 0 aromatic heterocycles. The quantitative estimate of drug-likeness (QED) is 0.166. The second-order valence-electron chi connectivity index (χ2n) is 10.2. The summed E-state index contributed by atoms with van der Waals surface area (Å²) in [5.41, 5.74) is 1.24. The highest BCUT2D eigenvalue weighted by atomic mass is 16.2. The molecule has 1 aromatic rings. The Labute approximate surface area is 200 Å². The SMILES string of the molecule is CCCCCCCCCCCCCCCCNC(=O)[C@H](Cc1ccccc1)[N+](C)(C)CC. The number of benzene rings is 1. The van der Waals surface area contributed by atoms with Gasteiger partial charge in [0, 0.05) is 13.0 Å². The van der Waals surface area contributed by atoms with E-state index in [4.69, 9.17) is 0 Å². The fourth-order valence-corrected chi connectivity index (χ4v) is 4.36. The molecule has 3 nitrogen and oxygen atoms in total. The molecule has 0 saturated carbocycles. The highest BCUT2D eigenvalue weighted by Gasteiger charge is 2.33. The normalized spacial score (nSPS) is 12.6. The number of likely N-dealkylation sites (N-methyl/N-ethyl adjacent to an activating group) is 1. The summed E-state index contributed by atoms with van der Waals surface area (Å²) in [6, 6.07) is 10.4. The van der Waals surface area contributed by atoms with Crippen molar-refractivity contribution in [2.75, 3.05) is 27.2 Å². The van der Waals surface area contributed by atoms with Gasteiger partial charge in [0.25, 0.3) is 5.91 Å². The number of hydrogen-bond donors (Lipinski definition) is 1. The summed E-state index contributed by atoms with van der Waals surface area (Å²) >= 11 is 0. The summed E-state index contributed by atoms with van der Waals surface area (Å²) in [6.45, 7) is 6.21. The van der Waals surface area contributed by atoms with Gasteiger partial charge >= 0.3 is 0 Å². The maximum Gasteiger partial charge on any atom is 0.278 e. The summed E-state index contributed by atoms with van der Waals surface area (Å²) in [7, 11) is 4.33. The molecule has 32 heavy (non-hydrogen) atoms. The number of hydrogen-bond acceptors (Lipinski definition) is 1. The summed E-state index contributed by atoms with van der Waals surface area (Å²) in [5.74, 6) is 0.204. The molecule has 1 aromatic carbocycles. The van der Waals surface area contributed by atoms with Gasteiger partial charge in [0.15, 0.2) is 6.04 Å². The van der Waals surface area contributed by atoms with E-state index in [-0.39, 0.29) is 11.9 Å². The van der Waals surface area contributed by atoms with Crippen molar-refractivity contribution >= 4 is 5.91 Å². The molecule has 1 amide bonds. The van der Waals surface area contributed by atoms with Crippen molar-refractivity contribution in [2.24, 2.45) is 0 Å². The van der Waals surface area contributed by atoms with Crippen LogP contribution in [0.4, 0.5) is 0 Å². The number of quaternary nitrogens is 1. The van der Waals surface area contributed by atoms with Gasteiger partial charge in [-0.1, -0.05) is 121 Å². The van der Waals surface area contributed by atoms with E-state index in [0.29, 0.717) is 0 Å². The highest BCUT2D eigenvalue weighted by molar-refractivity contribution is 5.81. The number of carbonyl (C=O) groups is 1. The summed E-state index contributed by atoms with van der Waals surface area (Å²) in [6.07, 6.45) is 19.9. The van der Waals surface area contributed by atoms with Gasteiger partial charge in [-0.05, 0) is 18.9 Å². The van der Waals surface area contributed by atoms with Gasteiger partial charge in [0.05, 0.1) is 20.6 Å². The number of unbranched alkanes of at least 4 members (excludes halogenated alkanes) is 13. The van der Waals surface area contributed by atoms with Gasteiger partial charge in [-0.15, -0.1) is 0 Å². The molecule has 1 atom stereocenters. The molecule has 1 N–H and O–H groups in total. The Hall–Kier alpha value is -1.35. The van der Waals surface area contributed by atoms with Crippen molar-refractivity contribution in [1.82, 2.24) is 5.32 Å². The fourth-order valence-electron chi connectivity index (χ4n) is 4.36. The van der Waals surface area contributed by atoms with E-state index in [0.717, 1.165) is 30.4 Å². The van der Waals surface area contributed by atoms with E-state index in [9.17, 15) is 4.79 Å². The molecule has 0 fully saturated rings. The minimum atomic E-state index is -0.0333. The number of rotatable bonds is 20. The lowest BCUT2D eigenvalue weighted by atomic mass is 10.0. The average Bonchev–Trinajstić information content (AvgIpc) is 2.80.